The number of hydrogen-bond donors (Lipinski definition) is 1. The third-order valence-electron chi connectivity index (χ3n) is 1.44. The molecule has 2 aromatic heterocycles. The van der Waals surface area contributed by atoms with Crippen molar-refractivity contribution >= 4 is 0 Å². The molecule has 1 N–H and O–H groups in total. The highest BCUT2D eigenvalue weighted by molar-refractivity contribution is 5.47. The van der Waals surface area contributed by atoms with Gasteiger partial charge in [-0.1, -0.05) is 0 Å². The highest BCUT2D eigenvalue weighted by atomic mass is 15.3. The van der Waals surface area contributed by atoms with Gasteiger partial charge in [0, 0.05) is 13.2 Å². The number of nitrogens with zero attached hydrogens (tertiary/aromatic N) is 3. The Hall–Kier alpha value is -1.58. The van der Waals surface area contributed by atoms with Gasteiger partial charge in [0.25, 0.3) is 0 Å². The zero-order valence-electron chi connectivity index (χ0n) is 6.15. The summed E-state index contributed by atoms with van der Waals surface area (Å²) in [5.74, 6) is 0.734. The molecule has 4 heteroatoms. The van der Waals surface area contributed by atoms with E-state index >= 15 is 0 Å². The molecule has 2 aromatic rings. The average molecular weight is 148 g/mol. The molecular weight excluding hydrogens is 140 g/mol. The quantitative estimate of drug-likeness (QED) is 0.650. The second-order valence-electron chi connectivity index (χ2n) is 2.33. The molecule has 4 nitrogen and oxygen atoms in total. The Morgan fingerprint density at radius 2 is 2.45 bits per heavy atom. The zero-order chi connectivity index (χ0) is 7.68. The monoisotopic (exact) mass is 148 g/mol. The molecule has 56 valence electrons. The van der Waals surface area contributed by atoms with Crippen molar-refractivity contribution in [3.8, 4) is 11.5 Å². The lowest BCUT2D eigenvalue weighted by molar-refractivity contribution is 0.767. The van der Waals surface area contributed by atoms with Gasteiger partial charge >= 0.3 is 0 Å². The Morgan fingerprint density at radius 3 is 3.00 bits per heavy atom. The molecule has 0 aliphatic carbocycles. The van der Waals surface area contributed by atoms with Gasteiger partial charge in [-0.3, -0.25) is 4.68 Å². The average Bonchev–Trinajstić information content (AvgIpc) is 2.55. The van der Waals surface area contributed by atoms with Crippen molar-refractivity contribution in [1.29, 1.82) is 0 Å². The minimum absolute atomic E-state index is 0.734. The number of hydrogen-bond acceptors (Lipinski definition) is 2. The number of nitrogens with one attached hydrogen (secondary N) is 1. The maximum absolute atomic E-state index is 4.13. The molecule has 0 amide bonds. The fourth-order valence-corrected chi connectivity index (χ4v) is 0.932. The van der Waals surface area contributed by atoms with Crippen LogP contribution in [0, 0.1) is 0 Å². The van der Waals surface area contributed by atoms with Gasteiger partial charge in [-0.25, -0.2) is 4.98 Å². The normalized spacial score (nSPS) is 10.3. The molecule has 0 unspecified atom stereocenters. The summed E-state index contributed by atoms with van der Waals surface area (Å²) in [5.41, 5.74) is 0.950. The molecule has 0 atom stereocenters. The van der Waals surface area contributed by atoms with E-state index in [-0.39, 0.29) is 0 Å². The summed E-state index contributed by atoms with van der Waals surface area (Å²) in [7, 11) is 1.85. The summed E-state index contributed by atoms with van der Waals surface area (Å²) in [6, 6.07) is 3.86. The van der Waals surface area contributed by atoms with Crippen LogP contribution in [0.3, 0.4) is 0 Å². The number of H-pyrrole nitrogens is 1. The predicted molar refractivity (Wildman–Crippen MR) is 40.8 cm³/mol. The van der Waals surface area contributed by atoms with Crippen LogP contribution in [-0.2, 0) is 7.05 Å². The van der Waals surface area contributed by atoms with Crippen LogP contribution in [0.4, 0.5) is 0 Å². The van der Waals surface area contributed by atoms with Gasteiger partial charge in [-0.15, -0.1) is 5.10 Å². The van der Waals surface area contributed by atoms with Gasteiger partial charge < -0.3 is 4.98 Å². The summed E-state index contributed by atoms with van der Waals surface area (Å²) >= 11 is 0. The van der Waals surface area contributed by atoms with Gasteiger partial charge in [0.1, 0.15) is 6.33 Å². The Labute approximate surface area is 63.9 Å². The minimum atomic E-state index is 0.734. The number of aryl methyl sites for hydroxylation is 1. The summed E-state index contributed by atoms with van der Waals surface area (Å²) in [6.07, 6.45) is 3.53. The van der Waals surface area contributed by atoms with Crippen LogP contribution >= 0.6 is 0 Å². The van der Waals surface area contributed by atoms with Crippen molar-refractivity contribution in [3.63, 3.8) is 0 Å². The smallest absolute Gasteiger partial charge is 0.197 e. The van der Waals surface area contributed by atoms with E-state index in [0.29, 0.717) is 0 Å². The molecule has 0 saturated heterocycles. The third-order valence-corrected chi connectivity index (χ3v) is 1.44. The minimum Gasteiger partial charge on any atom is -0.359 e. The molecule has 2 heterocycles. The van der Waals surface area contributed by atoms with Crippen molar-refractivity contribution in [2.75, 3.05) is 0 Å². The molecule has 2 rings (SSSR count). The van der Waals surface area contributed by atoms with E-state index in [2.05, 4.69) is 15.1 Å². The molecule has 0 aliphatic rings. The summed E-state index contributed by atoms with van der Waals surface area (Å²) in [4.78, 5) is 7.11. The van der Waals surface area contributed by atoms with Gasteiger partial charge in [-0.2, -0.15) is 0 Å². The molecule has 0 aliphatic heterocycles. The van der Waals surface area contributed by atoms with Gasteiger partial charge in [-0.05, 0) is 12.1 Å². The van der Waals surface area contributed by atoms with E-state index in [1.54, 1.807) is 11.0 Å². The van der Waals surface area contributed by atoms with Crippen LogP contribution < -0.4 is 0 Å². The second-order valence-corrected chi connectivity index (χ2v) is 2.33. The van der Waals surface area contributed by atoms with Crippen LogP contribution in [0.5, 0.6) is 0 Å². The lowest BCUT2D eigenvalue weighted by Gasteiger charge is -1.85. The molecular formula is C7H8N4. The van der Waals surface area contributed by atoms with Crippen LogP contribution in [0.1, 0.15) is 0 Å². The molecule has 11 heavy (non-hydrogen) atoms. The zero-order valence-corrected chi connectivity index (χ0v) is 6.15. The molecule has 0 spiro atoms. The van der Waals surface area contributed by atoms with Gasteiger partial charge in [0.2, 0.25) is 0 Å². The Morgan fingerprint density at radius 1 is 1.55 bits per heavy atom. The van der Waals surface area contributed by atoms with E-state index in [9.17, 15) is 0 Å². The van der Waals surface area contributed by atoms with Crippen molar-refractivity contribution in [2.45, 2.75) is 0 Å². The first-order valence-electron chi connectivity index (χ1n) is 3.35. The first-order chi connectivity index (χ1) is 5.36. The topological polar surface area (TPSA) is 46.5 Å². The molecule has 0 aromatic carbocycles. The van der Waals surface area contributed by atoms with Gasteiger partial charge in [0.05, 0.1) is 5.69 Å². The molecule has 0 fully saturated rings. The van der Waals surface area contributed by atoms with Crippen molar-refractivity contribution < 1.29 is 0 Å². The van der Waals surface area contributed by atoms with Crippen molar-refractivity contribution in [2.24, 2.45) is 7.05 Å². The lowest BCUT2D eigenvalue weighted by Crippen LogP contribution is -1.87. The van der Waals surface area contributed by atoms with Gasteiger partial charge in [0.15, 0.2) is 5.82 Å². The number of aromatic amines is 1. The summed E-state index contributed by atoms with van der Waals surface area (Å²) < 4.78 is 1.68. The van der Waals surface area contributed by atoms with E-state index in [1.165, 1.54) is 0 Å². The fraction of sp³-hybridized carbons (Fsp3) is 0.143. The number of aromatic nitrogens is 4. The first kappa shape index (κ1) is 6.15. The van der Waals surface area contributed by atoms with Crippen LogP contribution in [0.2, 0.25) is 0 Å². The largest absolute Gasteiger partial charge is 0.359 e. The second kappa shape index (κ2) is 2.23. The maximum Gasteiger partial charge on any atom is 0.197 e. The Bertz CT molecular complexity index is 333. The van der Waals surface area contributed by atoms with Crippen LogP contribution in [-0.4, -0.2) is 19.7 Å². The van der Waals surface area contributed by atoms with Crippen molar-refractivity contribution in [3.05, 3.63) is 24.7 Å². The Balaban J connectivity index is 2.45. The SMILES string of the molecule is Cn1cnc(-c2ccc[nH]2)n1. The molecule has 0 radical (unpaired) electrons. The van der Waals surface area contributed by atoms with Crippen molar-refractivity contribution in [1.82, 2.24) is 19.7 Å². The summed E-state index contributed by atoms with van der Waals surface area (Å²) in [6.45, 7) is 0. The first-order valence-corrected chi connectivity index (χ1v) is 3.35. The van der Waals surface area contributed by atoms with E-state index < -0.39 is 0 Å². The standard InChI is InChI=1S/C7H8N4/c1-11-5-9-7(10-11)6-3-2-4-8-6/h2-5,8H,1H3. The Kier molecular flexibility index (Phi) is 1.25. The fourth-order valence-electron chi connectivity index (χ4n) is 0.932. The van der Waals surface area contributed by atoms with Crippen LogP contribution in [0.25, 0.3) is 11.5 Å². The molecule has 0 bridgehead atoms. The number of rotatable bonds is 1. The van der Waals surface area contributed by atoms with Crippen LogP contribution in [0.15, 0.2) is 24.7 Å². The van der Waals surface area contributed by atoms with E-state index in [1.807, 2.05) is 25.4 Å². The van der Waals surface area contributed by atoms with E-state index in [0.717, 1.165) is 11.5 Å². The highest BCUT2D eigenvalue weighted by Crippen LogP contribution is 2.08. The predicted octanol–water partition coefficient (Wildman–Crippen LogP) is 0.810. The lowest BCUT2D eigenvalue weighted by atomic mass is 10.4. The van der Waals surface area contributed by atoms with E-state index in [4.69, 9.17) is 0 Å². The maximum atomic E-state index is 4.13. The molecule has 0 saturated carbocycles. The summed E-state index contributed by atoms with van der Waals surface area (Å²) in [5, 5.41) is 4.13. The highest BCUT2D eigenvalue weighted by Gasteiger charge is 2.00. The third kappa shape index (κ3) is 1.02.